The van der Waals surface area contributed by atoms with Crippen LogP contribution in [-0.2, 0) is 11.3 Å². The SMILES string of the molecule is COc1cc(CN)ccc1NC(=O)NC1CCOC1. The van der Waals surface area contributed by atoms with Crippen LogP contribution in [0.15, 0.2) is 18.2 Å². The van der Waals surface area contributed by atoms with Gasteiger partial charge in [0.2, 0.25) is 0 Å². The van der Waals surface area contributed by atoms with Gasteiger partial charge in [-0.3, -0.25) is 0 Å². The molecule has 2 rings (SSSR count). The van der Waals surface area contributed by atoms with Crippen molar-refractivity contribution in [3.8, 4) is 5.75 Å². The molecule has 4 N–H and O–H groups in total. The Balaban J connectivity index is 1.99. The summed E-state index contributed by atoms with van der Waals surface area (Å²) in [6.07, 6.45) is 0.844. The van der Waals surface area contributed by atoms with Crippen molar-refractivity contribution >= 4 is 11.7 Å². The second-order valence-electron chi connectivity index (χ2n) is 4.40. The smallest absolute Gasteiger partial charge is 0.319 e. The molecule has 0 aromatic heterocycles. The third-order valence-corrected chi connectivity index (χ3v) is 3.01. The average molecular weight is 265 g/mol. The lowest BCUT2D eigenvalue weighted by Gasteiger charge is -2.14. The van der Waals surface area contributed by atoms with Crippen LogP contribution in [0.1, 0.15) is 12.0 Å². The van der Waals surface area contributed by atoms with Crippen LogP contribution < -0.4 is 21.1 Å². The Morgan fingerprint density at radius 2 is 2.42 bits per heavy atom. The van der Waals surface area contributed by atoms with Crippen molar-refractivity contribution in [1.29, 1.82) is 0 Å². The van der Waals surface area contributed by atoms with Crippen molar-refractivity contribution in [2.75, 3.05) is 25.6 Å². The number of nitrogens with two attached hydrogens (primary N) is 1. The fourth-order valence-electron chi connectivity index (χ4n) is 1.96. The Morgan fingerprint density at radius 3 is 3.05 bits per heavy atom. The molecule has 6 nitrogen and oxygen atoms in total. The van der Waals surface area contributed by atoms with Gasteiger partial charge in [-0.2, -0.15) is 0 Å². The molecule has 0 aliphatic carbocycles. The van der Waals surface area contributed by atoms with E-state index < -0.39 is 0 Å². The van der Waals surface area contributed by atoms with E-state index in [4.69, 9.17) is 15.2 Å². The van der Waals surface area contributed by atoms with Gasteiger partial charge in [0.1, 0.15) is 5.75 Å². The number of anilines is 1. The number of amides is 2. The molecule has 1 aliphatic rings. The number of ether oxygens (including phenoxy) is 2. The minimum Gasteiger partial charge on any atom is -0.495 e. The normalized spacial score (nSPS) is 18.1. The van der Waals surface area contributed by atoms with Crippen molar-refractivity contribution in [1.82, 2.24) is 5.32 Å². The van der Waals surface area contributed by atoms with Crippen LogP contribution >= 0.6 is 0 Å². The highest BCUT2D eigenvalue weighted by Gasteiger charge is 2.18. The molecule has 1 aliphatic heterocycles. The second-order valence-corrected chi connectivity index (χ2v) is 4.40. The molecule has 1 aromatic rings. The lowest BCUT2D eigenvalue weighted by molar-refractivity contribution is 0.189. The zero-order chi connectivity index (χ0) is 13.7. The monoisotopic (exact) mass is 265 g/mol. The fourth-order valence-corrected chi connectivity index (χ4v) is 1.96. The van der Waals surface area contributed by atoms with Crippen molar-refractivity contribution in [3.05, 3.63) is 23.8 Å². The Kier molecular flexibility index (Phi) is 4.59. The van der Waals surface area contributed by atoms with E-state index >= 15 is 0 Å². The van der Waals surface area contributed by atoms with Crippen LogP contribution in [0.5, 0.6) is 5.75 Å². The van der Waals surface area contributed by atoms with Crippen LogP contribution in [0.2, 0.25) is 0 Å². The molecule has 1 heterocycles. The summed E-state index contributed by atoms with van der Waals surface area (Å²) in [5, 5.41) is 5.62. The first-order valence-corrected chi connectivity index (χ1v) is 6.25. The van der Waals surface area contributed by atoms with E-state index in [1.165, 1.54) is 0 Å². The molecule has 19 heavy (non-hydrogen) atoms. The van der Waals surface area contributed by atoms with Crippen LogP contribution in [0.3, 0.4) is 0 Å². The van der Waals surface area contributed by atoms with E-state index in [1.54, 1.807) is 13.2 Å². The first-order chi connectivity index (χ1) is 9.22. The maximum absolute atomic E-state index is 11.8. The van der Waals surface area contributed by atoms with Gasteiger partial charge in [-0.25, -0.2) is 4.79 Å². The molecule has 104 valence electrons. The van der Waals surface area contributed by atoms with Gasteiger partial charge in [0.15, 0.2) is 0 Å². The molecule has 0 radical (unpaired) electrons. The van der Waals surface area contributed by atoms with E-state index in [2.05, 4.69) is 10.6 Å². The number of hydrogen-bond donors (Lipinski definition) is 3. The van der Waals surface area contributed by atoms with Crippen LogP contribution in [-0.4, -0.2) is 32.4 Å². The molecule has 1 saturated heterocycles. The summed E-state index contributed by atoms with van der Waals surface area (Å²) < 4.78 is 10.4. The maximum Gasteiger partial charge on any atom is 0.319 e. The summed E-state index contributed by atoms with van der Waals surface area (Å²) >= 11 is 0. The van der Waals surface area contributed by atoms with Crippen LogP contribution in [0.25, 0.3) is 0 Å². The fraction of sp³-hybridized carbons (Fsp3) is 0.462. The highest BCUT2D eigenvalue weighted by Crippen LogP contribution is 2.25. The highest BCUT2D eigenvalue weighted by atomic mass is 16.5. The predicted octanol–water partition coefficient (Wildman–Crippen LogP) is 1.06. The molecule has 0 saturated carbocycles. The quantitative estimate of drug-likeness (QED) is 0.760. The van der Waals surface area contributed by atoms with Crippen molar-refractivity contribution in [2.45, 2.75) is 19.0 Å². The van der Waals surface area contributed by atoms with E-state index in [0.29, 0.717) is 31.2 Å². The summed E-state index contributed by atoms with van der Waals surface area (Å²) in [6.45, 7) is 1.69. The molecule has 0 spiro atoms. The topological polar surface area (TPSA) is 85.6 Å². The van der Waals surface area contributed by atoms with Crippen LogP contribution in [0.4, 0.5) is 10.5 Å². The average Bonchev–Trinajstić information content (AvgIpc) is 2.91. The summed E-state index contributed by atoms with van der Waals surface area (Å²) in [7, 11) is 1.56. The van der Waals surface area contributed by atoms with Crippen molar-refractivity contribution < 1.29 is 14.3 Å². The van der Waals surface area contributed by atoms with E-state index in [0.717, 1.165) is 12.0 Å². The third-order valence-electron chi connectivity index (χ3n) is 3.01. The van der Waals surface area contributed by atoms with Gasteiger partial charge in [0.25, 0.3) is 0 Å². The third kappa shape index (κ3) is 3.59. The first-order valence-electron chi connectivity index (χ1n) is 6.25. The first kappa shape index (κ1) is 13.6. The summed E-state index contributed by atoms with van der Waals surface area (Å²) in [6, 6.07) is 5.28. The molecule has 1 aromatic carbocycles. The molecular formula is C13H19N3O3. The number of carbonyl (C=O) groups excluding carboxylic acids is 1. The Morgan fingerprint density at radius 1 is 1.58 bits per heavy atom. The van der Waals surface area contributed by atoms with Gasteiger partial charge < -0.3 is 25.8 Å². The number of methoxy groups -OCH3 is 1. The minimum absolute atomic E-state index is 0.0781. The van der Waals surface area contributed by atoms with Gasteiger partial charge in [-0.15, -0.1) is 0 Å². The minimum atomic E-state index is -0.255. The number of benzene rings is 1. The number of urea groups is 1. The Hall–Kier alpha value is -1.79. The standard InChI is InChI=1S/C13H19N3O3/c1-18-12-6-9(7-14)2-3-11(12)16-13(17)15-10-4-5-19-8-10/h2-3,6,10H,4-5,7-8,14H2,1H3,(H2,15,16,17). The van der Waals surface area contributed by atoms with E-state index in [1.807, 2.05) is 12.1 Å². The maximum atomic E-state index is 11.8. The number of rotatable bonds is 4. The zero-order valence-electron chi connectivity index (χ0n) is 10.9. The number of nitrogens with one attached hydrogen (secondary N) is 2. The highest BCUT2D eigenvalue weighted by molar-refractivity contribution is 5.91. The number of carbonyl (C=O) groups is 1. The van der Waals surface area contributed by atoms with Gasteiger partial charge in [-0.1, -0.05) is 6.07 Å². The Labute approximate surface area is 112 Å². The molecule has 6 heteroatoms. The second kappa shape index (κ2) is 6.40. The predicted molar refractivity (Wildman–Crippen MR) is 72.3 cm³/mol. The van der Waals surface area contributed by atoms with Crippen LogP contribution in [0, 0.1) is 0 Å². The molecule has 2 amide bonds. The summed E-state index contributed by atoms with van der Waals surface area (Å²) in [4.78, 5) is 11.8. The van der Waals surface area contributed by atoms with Gasteiger partial charge >= 0.3 is 6.03 Å². The van der Waals surface area contributed by atoms with Gasteiger partial charge in [0.05, 0.1) is 25.4 Å². The molecule has 1 atom stereocenters. The van der Waals surface area contributed by atoms with Gasteiger partial charge in [0, 0.05) is 13.2 Å². The Bertz CT molecular complexity index is 445. The lowest BCUT2D eigenvalue weighted by atomic mass is 10.2. The summed E-state index contributed by atoms with van der Waals surface area (Å²) in [5.74, 6) is 0.598. The molecule has 1 fully saturated rings. The van der Waals surface area contributed by atoms with Crippen molar-refractivity contribution in [2.24, 2.45) is 5.73 Å². The summed E-state index contributed by atoms with van der Waals surface area (Å²) in [5.41, 5.74) is 7.14. The number of hydrogen-bond acceptors (Lipinski definition) is 4. The largest absolute Gasteiger partial charge is 0.495 e. The van der Waals surface area contributed by atoms with E-state index in [-0.39, 0.29) is 12.1 Å². The zero-order valence-corrected chi connectivity index (χ0v) is 10.9. The molecule has 1 unspecified atom stereocenters. The van der Waals surface area contributed by atoms with Gasteiger partial charge in [-0.05, 0) is 24.1 Å². The lowest BCUT2D eigenvalue weighted by Crippen LogP contribution is -2.38. The molecule has 0 bridgehead atoms. The van der Waals surface area contributed by atoms with E-state index in [9.17, 15) is 4.79 Å². The molecular weight excluding hydrogens is 246 g/mol. The van der Waals surface area contributed by atoms with Crippen molar-refractivity contribution in [3.63, 3.8) is 0 Å².